The molecule has 1 aromatic carbocycles. The SMILES string of the molecule is CN(C(=O)c1ccc(NC(=O)CCc2nc(-c3cccs3)no2)cc1)C1CCCCC1. The Morgan fingerprint density at radius 1 is 1.16 bits per heavy atom. The van der Waals surface area contributed by atoms with E-state index in [1.165, 1.54) is 30.6 Å². The number of aryl methyl sites for hydroxylation is 1. The summed E-state index contributed by atoms with van der Waals surface area (Å²) in [7, 11) is 1.88. The number of carbonyl (C=O) groups excluding carboxylic acids is 2. The molecule has 0 unspecified atom stereocenters. The third kappa shape index (κ3) is 5.38. The molecule has 2 aromatic heterocycles. The van der Waals surface area contributed by atoms with Crippen molar-refractivity contribution >= 4 is 28.8 Å². The van der Waals surface area contributed by atoms with Crippen LogP contribution in [0.1, 0.15) is 54.8 Å². The lowest BCUT2D eigenvalue weighted by atomic mass is 9.94. The average Bonchev–Trinajstić information content (AvgIpc) is 3.50. The molecular weight excluding hydrogens is 412 g/mol. The minimum atomic E-state index is -0.144. The van der Waals surface area contributed by atoms with Gasteiger partial charge in [0.1, 0.15) is 0 Å². The minimum absolute atomic E-state index is 0.0303. The third-order valence-electron chi connectivity index (χ3n) is 5.63. The van der Waals surface area contributed by atoms with Crippen LogP contribution < -0.4 is 5.32 Å². The molecule has 0 saturated heterocycles. The van der Waals surface area contributed by atoms with Gasteiger partial charge in [0.15, 0.2) is 0 Å². The summed E-state index contributed by atoms with van der Waals surface area (Å²) in [6, 6.07) is 11.2. The van der Waals surface area contributed by atoms with E-state index < -0.39 is 0 Å². The van der Waals surface area contributed by atoms with Gasteiger partial charge in [-0.25, -0.2) is 0 Å². The predicted molar refractivity (Wildman–Crippen MR) is 120 cm³/mol. The van der Waals surface area contributed by atoms with Gasteiger partial charge in [0.25, 0.3) is 5.91 Å². The summed E-state index contributed by atoms with van der Waals surface area (Å²) in [6.07, 6.45) is 6.38. The van der Waals surface area contributed by atoms with E-state index in [1.54, 1.807) is 24.3 Å². The minimum Gasteiger partial charge on any atom is -0.339 e. The van der Waals surface area contributed by atoms with E-state index >= 15 is 0 Å². The molecule has 0 spiro atoms. The first kappa shape index (κ1) is 21.2. The Hall–Kier alpha value is -3.00. The summed E-state index contributed by atoms with van der Waals surface area (Å²) in [6.45, 7) is 0. The summed E-state index contributed by atoms with van der Waals surface area (Å²) in [5, 5.41) is 8.76. The van der Waals surface area contributed by atoms with Crippen molar-refractivity contribution in [2.45, 2.75) is 51.0 Å². The zero-order valence-electron chi connectivity index (χ0n) is 17.5. The number of hydrogen-bond donors (Lipinski definition) is 1. The van der Waals surface area contributed by atoms with Gasteiger partial charge in [-0.15, -0.1) is 11.3 Å². The van der Waals surface area contributed by atoms with Gasteiger partial charge in [0.2, 0.25) is 17.6 Å². The number of nitrogens with one attached hydrogen (secondary N) is 1. The Labute approximate surface area is 185 Å². The largest absolute Gasteiger partial charge is 0.339 e. The Morgan fingerprint density at radius 3 is 2.65 bits per heavy atom. The monoisotopic (exact) mass is 438 g/mol. The maximum absolute atomic E-state index is 12.7. The Balaban J connectivity index is 1.27. The molecule has 1 aliphatic rings. The summed E-state index contributed by atoms with van der Waals surface area (Å²) in [4.78, 5) is 32.1. The lowest BCUT2D eigenvalue weighted by Crippen LogP contribution is -2.38. The molecule has 0 atom stereocenters. The van der Waals surface area contributed by atoms with Crippen LogP contribution in [0.2, 0.25) is 0 Å². The van der Waals surface area contributed by atoms with Crippen LogP contribution in [-0.2, 0) is 11.2 Å². The van der Waals surface area contributed by atoms with Gasteiger partial charge in [0, 0.05) is 37.2 Å². The molecule has 2 heterocycles. The van der Waals surface area contributed by atoms with E-state index in [-0.39, 0.29) is 18.2 Å². The first-order valence-electron chi connectivity index (χ1n) is 10.6. The van der Waals surface area contributed by atoms with Crippen molar-refractivity contribution in [2.75, 3.05) is 12.4 Å². The lowest BCUT2D eigenvalue weighted by molar-refractivity contribution is -0.116. The molecule has 0 aliphatic heterocycles. The number of amides is 2. The fourth-order valence-corrected chi connectivity index (χ4v) is 4.49. The molecule has 162 valence electrons. The average molecular weight is 439 g/mol. The van der Waals surface area contributed by atoms with Crippen molar-refractivity contribution in [3.8, 4) is 10.7 Å². The second-order valence-electron chi connectivity index (χ2n) is 7.82. The zero-order chi connectivity index (χ0) is 21.6. The number of benzene rings is 1. The summed E-state index contributed by atoms with van der Waals surface area (Å²) < 4.78 is 5.23. The highest BCUT2D eigenvalue weighted by molar-refractivity contribution is 7.13. The Bertz CT molecular complexity index is 1010. The topological polar surface area (TPSA) is 88.3 Å². The molecule has 0 radical (unpaired) electrons. The number of carbonyl (C=O) groups is 2. The van der Waals surface area contributed by atoms with Crippen LogP contribution in [0.15, 0.2) is 46.3 Å². The fourth-order valence-electron chi connectivity index (χ4n) is 3.84. The number of rotatable bonds is 7. The summed E-state index contributed by atoms with van der Waals surface area (Å²) in [5.74, 6) is 0.867. The predicted octanol–water partition coefficient (Wildman–Crippen LogP) is 4.77. The van der Waals surface area contributed by atoms with Crippen LogP contribution in [0, 0.1) is 0 Å². The van der Waals surface area contributed by atoms with Gasteiger partial charge in [0.05, 0.1) is 4.88 Å². The maximum Gasteiger partial charge on any atom is 0.253 e. The van der Waals surface area contributed by atoms with Gasteiger partial charge in [-0.05, 0) is 48.6 Å². The smallest absolute Gasteiger partial charge is 0.253 e. The molecule has 8 heteroatoms. The molecule has 1 saturated carbocycles. The van der Waals surface area contributed by atoms with Gasteiger partial charge in [-0.1, -0.05) is 30.5 Å². The van der Waals surface area contributed by atoms with E-state index in [0.29, 0.717) is 35.4 Å². The molecule has 31 heavy (non-hydrogen) atoms. The van der Waals surface area contributed by atoms with Gasteiger partial charge in [-0.3, -0.25) is 9.59 Å². The number of nitrogens with zero attached hydrogens (tertiary/aromatic N) is 3. The highest BCUT2D eigenvalue weighted by atomic mass is 32.1. The van der Waals surface area contributed by atoms with Crippen LogP contribution in [0.4, 0.5) is 5.69 Å². The molecule has 4 rings (SSSR count). The standard InChI is InChI=1S/C23H26N4O3S/c1-27(18-6-3-2-4-7-18)23(29)16-9-11-17(12-10-16)24-20(28)13-14-21-25-22(26-30-21)19-8-5-15-31-19/h5,8-12,15,18H,2-4,6-7,13-14H2,1H3,(H,24,28). The number of aromatic nitrogens is 2. The second-order valence-corrected chi connectivity index (χ2v) is 8.77. The highest BCUT2D eigenvalue weighted by Crippen LogP contribution is 2.24. The van der Waals surface area contributed by atoms with E-state index in [0.717, 1.165) is 17.7 Å². The van der Waals surface area contributed by atoms with Crippen molar-refractivity contribution in [3.63, 3.8) is 0 Å². The third-order valence-corrected chi connectivity index (χ3v) is 6.50. The Morgan fingerprint density at radius 2 is 1.94 bits per heavy atom. The maximum atomic E-state index is 12.7. The van der Waals surface area contributed by atoms with E-state index in [2.05, 4.69) is 15.5 Å². The normalized spacial score (nSPS) is 14.4. The van der Waals surface area contributed by atoms with Crippen molar-refractivity contribution in [1.82, 2.24) is 15.0 Å². The first-order valence-corrected chi connectivity index (χ1v) is 11.5. The van der Waals surface area contributed by atoms with Crippen molar-refractivity contribution < 1.29 is 14.1 Å². The summed E-state index contributed by atoms with van der Waals surface area (Å²) in [5.41, 5.74) is 1.30. The molecule has 1 aliphatic carbocycles. The molecule has 7 nitrogen and oxygen atoms in total. The molecule has 1 N–H and O–H groups in total. The van der Waals surface area contributed by atoms with Crippen LogP contribution in [0.25, 0.3) is 10.7 Å². The van der Waals surface area contributed by atoms with Gasteiger partial charge >= 0.3 is 0 Å². The second kappa shape index (κ2) is 9.87. The van der Waals surface area contributed by atoms with Crippen LogP contribution in [-0.4, -0.2) is 39.9 Å². The van der Waals surface area contributed by atoms with Crippen molar-refractivity contribution in [3.05, 3.63) is 53.2 Å². The first-order chi connectivity index (χ1) is 15.1. The van der Waals surface area contributed by atoms with E-state index in [4.69, 9.17) is 4.52 Å². The fraction of sp³-hybridized carbons (Fsp3) is 0.391. The van der Waals surface area contributed by atoms with Crippen LogP contribution in [0.3, 0.4) is 0 Å². The van der Waals surface area contributed by atoms with Crippen LogP contribution >= 0.6 is 11.3 Å². The lowest BCUT2D eigenvalue weighted by Gasteiger charge is -2.31. The summed E-state index contributed by atoms with van der Waals surface area (Å²) >= 11 is 1.54. The molecule has 2 amide bonds. The van der Waals surface area contributed by atoms with E-state index in [1.807, 2.05) is 29.5 Å². The molecule has 3 aromatic rings. The molecule has 0 bridgehead atoms. The highest BCUT2D eigenvalue weighted by Gasteiger charge is 2.23. The van der Waals surface area contributed by atoms with E-state index in [9.17, 15) is 9.59 Å². The zero-order valence-corrected chi connectivity index (χ0v) is 18.4. The molecular formula is C23H26N4O3S. The van der Waals surface area contributed by atoms with Crippen molar-refractivity contribution in [1.29, 1.82) is 0 Å². The Kier molecular flexibility index (Phi) is 6.76. The number of hydrogen-bond acceptors (Lipinski definition) is 6. The van der Waals surface area contributed by atoms with Crippen LogP contribution in [0.5, 0.6) is 0 Å². The van der Waals surface area contributed by atoms with Gasteiger partial charge in [-0.2, -0.15) is 4.98 Å². The van der Waals surface area contributed by atoms with Gasteiger partial charge < -0.3 is 14.7 Å². The molecule has 1 fully saturated rings. The quantitative estimate of drug-likeness (QED) is 0.574. The number of anilines is 1. The van der Waals surface area contributed by atoms with Crippen molar-refractivity contribution in [2.24, 2.45) is 0 Å². The number of thiophene rings is 1.